The molecule has 0 unspecified atom stereocenters. The Morgan fingerprint density at radius 1 is 1.27 bits per heavy atom. The van der Waals surface area contributed by atoms with Crippen LogP contribution in [-0.2, 0) is 14.3 Å². The number of methoxy groups -OCH3 is 2. The number of carbonyl (C=O) groups excluding carboxylic acids is 1. The van der Waals surface area contributed by atoms with Gasteiger partial charge >= 0.3 is 5.97 Å². The highest BCUT2D eigenvalue weighted by molar-refractivity contribution is 5.75. The fourth-order valence-electron chi connectivity index (χ4n) is 2.06. The van der Waals surface area contributed by atoms with Gasteiger partial charge in [0.15, 0.2) is 0 Å². The Kier molecular flexibility index (Phi) is 5.05. The third kappa shape index (κ3) is 3.80. The van der Waals surface area contributed by atoms with Crippen molar-refractivity contribution in [2.75, 3.05) is 14.2 Å². The number of rotatable bonds is 4. The van der Waals surface area contributed by atoms with E-state index in [0.717, 1.165) is 25.7 Å². The number of carbonyl (C=O) groups is 1. The highest BCUT2D eigenvalue weighted by atomic mass is 16.5. The summed E-state index contributed by atoms with van der Waals surface area (Å²) in [7, 11) is 3.18. The van der Waals surface area contributed by atoms with E-state index in [1.807, 2.05) is 6.92 Å². The molecule has 0 heterocycles. The molecule has 88 valence electrons. The van der Waals surface area contributed by atoms with E-state index in [-0.39, 0.29) is 12.0 Å². The predicted molar refractivity (Wildman–Crippen MR) is 57.7 cm³/mol. The highest BCUT2D eigenvalue weighted by Gasteiger charge is 2.23. The molecule has 0 saturated heterocycles. The lowest BCUT2D eigenvalue weighted by Gasteiger charge is -2.29. The van der Waals surface area contributed by atoms with E-state index in [9.17, 15) is 4.79 Å². The second-order valence-electron chi connectivity index (χ2n) is 4.12. The summed E-state index contributed by atoms with van der Waals surface area (Å²) >= 11 is 0. The Morgan fingerprint density at radius 2 is 1.87 bits per heavy atom. The minimum atomic E-state index is -0.209. The topological polar surface area (TPSA) is 47.6 Å². The Hall–Kier alpha value is -0.610. The van der Waals surface area contributed by atoms with E-state index in [1.165, 1.54) is 7.11 Å². The molecular formula is C11H21NO3. The van der Waals surface area contributed by atoms with Crippen molar-refractivity contribution < 1.29 is 14.3 Å². The molecule has 0 spiro atoms. The average molecular weight is 215 g/mol. The van der Waals surface area contributed by atoms with E-state index in [2.05, 4.69) is 10.1 Å². The van der Waals surface area contributed by atoms with Gasteiger partial charge in [0.1, 0.15) is 6.04 Å². The van der Waals surface area contributed by atoms with Crippen LogP contribution in [0.1, 0.15) is 32.6 Å². The molecule has 0 radical (unpaired) electrons. The average Bonchev–Trinajstić information content (AvgIpc) is 2.29. The summed E-state index contributed by atoms with van der Waals surface area (Å²) in [6.45, 7) is 1.84. The molecule has 1 rings (SSSR count). The smallest absolute Gasteiger partial charge is 0.322 e. The number of ether oxygens (including phenoxy) is 2. The standard InChI is InChI=1S/C11H21NO3/c1-8(11(13)15-3)12-9-4-6-10(14-2)7-5-9/h8-10,12H,4-7H2,1-3H3/t8-,9?,10?/m0/s1. The zero-order valence-electron chi connectivity index (χ0n) is 9.79. The summed E-state index contributed by atoms with van der Waals surface area (Å²) in [5.41, 5.74) is 0. The first kappa shape index (κ1) is 12.5. The molecule has 1 fully saturated rings. The Balaban J connectivity index is 2.26. The number of esters is 1. The molecule has 1 aliphatic rings. The van der Waals surface area contributed by atoms with Gasteiger partial charge < -0.3 is 14.8 Å². The fourth-order valence-corrected chi connectivity index (χ4v) is 2.06. The van der Waals surface area contributed by atoms with E-state index in [1.54, 1.807) is 7.11 Å². The van der Waals surface area contributed by atoms with Crippen molar-refractivity contribution in [2.45, 2.75) is 50.8 Å². The van der Waals surface area contributed by atoms with Gasteiger partial charge in [0.25, 0.3) is 0 Å². The van der Waals surface area contributed by atoms with Gasteiger partial charge in [0, 0.05) is 13.2 Å². The Bertz CT molecular complexity index is 200. The predicted octanol–water partition coefficient (Wildman–Crippen LogP) is 1.10. The van der Waals surface area contributed by atoms with Crippen LogP contribution in [0.4, 0.5) is 0 Å². The highest BCUT2D eigenvalue weighted by Crippen LogP contribution is 2.20. The van der Waals surface area contributed by atoms with Crippen LogP contribution in [0.25, 0.3) is 0 Å². The van der Waals surface area contributed by atoms with Crippen molar-refractivity contribution in [3.05, 3.63) is 0 Å². The lowest BCUT2D eigenvalue weighted by atomic mass is 9.92. The first-order valence-corrected chi connectivity index (χ1v) is 5.54. The van der Waals surface area contributed by atoms with Crippen molar-refractivity contribution in [2.24, 2.45) is 0 Å². The van der Waals surface area contributed by atoms with Gasteiger partial charge in [-0.05, 0) is 32.6 Å². The molecule has 1 saturated carbocycles. The molecule has 0 bridgehead atoms. The van der Waals surface area contributed by atoms with Crippen molar-refractivity contribution in [3.8, 4) is 0 Å². The van der Waals surface area contributed by atoms with Crippen molar-refractivity contribution >= 4 is 5.97 Å². The van der Waals surface area contributed by atoms with E-state index >= 15 is 0 Å². The summed E-state index contributed by atoms with van der Waals surface area (Å²) in [6, 6.07) is 0.213. The Labute approximate surface area is 91.3 Å². The fraction of sp³-hybridized carbons (Fsp3) is 0.909. The van der Waals surface area contributed by atoms with Gasteiger partial charge in [-0.25, -0.2) is 0 Å². The summed E-state index contributed by atoms with van der Waals surface area (Å²) in [4.78, 5) is 11.2. The molecule has 15 heavy (non-hydrogen) atoms. The minimum absolute atomic E-state index is 0.191. The molecule has 1 aliphatic carbocycles. The van der Waals surface area contributed by atoms with Crippen molar-refractivity contribution in [1.29, 1.82) is 0 Å². The quantitative estimate of drug-likeness (QED) is 0.713. The largest absolute Gasteiger partial charge is 0.468 e. The van der Waals surface area contributed by atoms with E-state index < -0.39 is 0 Å². The first-order chi connectivity index (χ1) is 7.17. The lowest BCUT2D eigenvalue weighted by Crippen LogP contribution is -2.44. The second kappa shape index (κ2) is 6.08. The SMILES string of the molecule is COC(=O)[C@H](C)NC1CCC(OC)CC1. The molecular weight excluding hydrogens is 194 g/mol. The van der Waals surface area contributed by atoms with Crippen LogP contribution in [0.2, 0.25) is 0 Å². The summed E-state index contributed by atoms with van der Waals surface area (Å²) in [6.07, 6.45) is 4.68. The first-order valence-electron chi connectivity index (χ1n) is 5.54. The minimum Gasteiger partial charge on any atom is -0.468 e. The molecule has 1 atom stereocenters. The third-order valence-corrected chi connectivity index (χ3v) is 3.05. The van der Waals surface area contributed by atoms with E-state index in [0.29, 0.717) is 12.1 Å². The van der Waals surface area contributed by atoms with Crippen molar-refractivity contribution in [3.63, 3.8) is 0 Å². The number of nitrogens with one attached hydrogen (secondary N) is 1. The molecule has 0 aliphatic heterocycles. The molecule has 4 nitrogen and oxygen atoms in total. The van der Waals surface area contributed by atoms with Crippen LogP contribution in [0.5, 0.6) is 0 Å². The summed E-state index contributed by atoms with van der Waals surface area (Å²) in [5.74, 6) is -0.191. The second-order valence-corrected chi connectivity index (χ2v) is 4.12. The van der Waals surface area contributed by atoms with Crippen LogP contribution in [0.15, 0.2) is 0 Å². The van der Waals surface area contributed by atoms with Gasteiger partial charge in [-0.15, -0.1) is 0 Å². The van der Waals surface area contributed by atoms with Gasteiger partial charge in [0.2, 0.25) is 0 Å². The zero-order chi connectivity index (χ0) is 11.3. The maximum atomic E-state index is 11.2. The van der Waals surface area contributed by atoms with Gasteiger partial charge in [-0.3, -0.25) is 4.79 Å². The van der Waals surface area contributed by atoms with Gasteiger partial charge in [0.05, 0.1) is 13.2 Å². The molecule has 0 amide bonds. The van der Waals surface area contributed by atoms with Crippen LogP contribution in [0.3, 0.4) is 0 Å². The maximum absolute atomic E-state index is 11.2. The van der Waals surface area contributed by atoms with E-state index in [4.69, 9.17) is 4.74 Å². The monoisotopic (exact) mass is 215 g/mol. The molecule has 0 aromatic carbocycles. The molecule has 0 aromatic rings. The molecule has 4 heteroatoms. The lowest BCUT2D eigenvalue weighted by molar-refractivity contribution is -0.142. The third-order valence-electron chi connectivity index (χ3n) is 3.05. The number of hydrogen-bond donors (Lipinski definition) is 1. The Morgan fingerprint density at radius 3 is 2.33 bits per heavy atom. The molecule has 0 aromatic heterocycles. The number of hydrogen-bond acceptors (Lipinski definition) is 4. The molecule has 1 N–H and O–H groups in total. The summed E-state index contributed by atoms with van der Waals surface area (Å²) in [5, 5.41) is 3.28. The van der Waals surface area contributed by atoms with Gasteiger partial charge in [-0.2, -0.15) is 0 Å². The van der Waals surface area contributed by atoms with Crippen molar-refractivity contribution in [1.82, 2.24) is 5.32 Å². The maximum Gasteiger partial charge on any atom is 0.322 e. The zero-order valence-corrected chi connectivity index (χ0v) is 9.79. The van der Waals surface area contributed by atoms with Crippen LogP contribution >= 0.6 is 0 Å². The van der Waals surface area contributed by atoms with Crippen LogP contribution in [-0.4, -0.2) is 38.4 Å². The van der Waals surface area contributed by atoms with Crippen LogP contribution in [0, 0.1) is 0 Å². The van der Waals surface area contributed by atoms with Gasteiger partial charge in [-0.1, -0.05) is 0 Å². The summed E-state index contributed by atoms with van der Waals surface area (Å²) < 4.78 is 9.96. The normalized spacial score (nSPS) is 28.5. The van der Waals surface area contributed by atoms with Crippen LogP contribution < -0.4 is 5.32 Å².